The van der Waals surface area contributed by atoms with Crippen LogP contribution < -0.4 is 10.5 Å². The van der Waals surface area contributed by atoms with Crippen molar-refractivity contribution in [2.45, 2.75) is 45.6 Å². The topological polar surface area (TPSA) is 72.5 Å². The Labute approximate surface area is 113 Å². The predicted molar refractivity (Wildman–Crippen MR) is 74.6 cm³/mol. The van der Waals surface area contributed by atoms with Crippen molar-refractivity contribution in [1.29, 1.82) is 0 Å². The Morgan fingerprint density at radius 2 is 2.05 bits per heavy atom. The van der Waals surface area contributed by atoms with E-state index < -0.39 is 5.97 Å². The van der Waals surface area contributed by atoms with Gasteiger partial charge in [-0.3, -0.25) is 0 Å². The van der Waals surface area contributed by atoms with Crippen molar-refractivity contribution < 1.29 is 14.6 Å². The first kappa shape index (κ1) is 13.7. The fourth-order valence-electron chi connectivity index (χ4n) is 2.64. The molecule has 1 saturated carbocycles. The first-order valence-corrected chi connectivity index (χ1v) is 6.79. The Morgan fingerprint density at radius 3 is 2.68 bits per heavy atom. The molecule has 19 heavy (non-hydrogen) atoms. The number of anilines is 1. The number of aromatic carboxylic acids is 1. The maximum atomic E-state index is 11.1. The molecule has 4 nitrogen and oxygen atoms in total. The molecule has 4 heteroatoms. The van der Waals surface area contributed by atoms with Crippen LogP contribution in [0.2, 0.25) is 0 Å². The highest BCUT2D eigenvalue weighted by molar-refractivity contribution is 5.95. The van der Waals surface area contributed by atoms with E-state index in [1.165, 1.54) is 25.3 Å². The van der Waals surface area contributed by atoms with E-state index in [0.717, 1.165) is 12.0 Å². The van der Waals surface area contributed by atoms with Crippen molar-refractivity contribution in [2.75, 3.05) is 5.73 Å². The zero-order valence-corrected chi connectivity index (χ0v) is 11.5. The SMILES string of the molecule is Cc1cc(OC2CCCCC2C)cc(C(=O)O)c1N. The number of aryl methyl sites for hydroxylation is 1. The average Bonchev–Trinajstić information content (AvgIpc) is 2.36. The molecule has 2 atom stereocenters. The Kier molecular flexibility index (Phi) is 3.98. The summed E-state index contributed by atoms with van der Waals surface area (Å²) in [6.07, 6.45) is 4.81. The lowest BCUT2D eigenvalue weighted by atomic mass is 9.88. The molecule has 0 saturated heterocycles. The van der Waals surface area contributed by atoms with Crippen LogP contribution >= 0.6 is 0 Å². The fraction of sp³-hybridized carbons (Fsp3) is 0.533. The number of carbonyl (C=O) groups is 1. The molecule has 1 aromatic rings. The molecule has 0 radical (unpaired) electrons. The molecular weight excluding hydrogens is 242 g/mol. The molecule has 104 valence electrons. The van der Waals surface area contributed by atoms with Gasteiger partial charge in [0, 0.05) is 5.69 Å². The van der Waals surface area contributed by atoms with E-state index in [1.54, 1.807) is 6.92 Å². The summed E-state index contributed by atoms with van der Waals surface area (Å²) in [5.41, 5.74) is 6.96. The molecule has 0 aromatic heterocycles. The van der Waals surface area contributed by atoms with E-state index in [9.17, 15) is 4.79 Å². The average molecular weight is 263 g/mol. The molecule has 1 aliphatic carbocycles. The van der Waals surface area contributed by atoms with Crippen LogP contribution in [0.5, 0.6) is 5.75 Å². The summed E-state index contributed by atoms with van der Waals surface area (Å²) < 4.78 is 5.98. The maximum Gasteiger partial charge on any atom is 0.337 e. The van der Waals surface area contributed by atoms with Crippen molar-refractivity contribution in [3.8, 4) is 5.75 Å². The second kappa shape index (κ2) is 5.51. The van der Waals surface area contributed by atoms with E-state index in [0.29, 0.717) is 17.4 Å². The minimum atomic E-state index is -1.01. The molecule has 1 aromatic carbocycles. The minimum absolute atomic E-state index is 0.124. The summed E-state index contributed by atoms with van der Waals surface area (Å²) in [6, 6.07) is 3.36. The smallest absolute Gasteiger partial charge is 0.337 e. The van der Waals surface area contributed by atoms with Crippen molar-refractivity contribution in [1.82, 2.24) is 0 Å². The Balaban J connectivity index is 2.23. The van der Waals surface area contributed by atoms with Crippen molar-refractivity contribution in [2.24, 2.45) is 5.92 Å². The number of carboxylic acid groups (broad SMARTS) is 1. The molecule has 0 heterocycles. The third kappa shape index (κ3) is 3.00. The molecule has 0 aliphatic heterocycles. The summed E-state index contributed by atoms with van der Waals surface area (Å²) in [6.45, 7) is 3.99. The number of ether oxygens (including phenoxy) is 1. The van der Waals surface area contributed by atoms with Crippen LogP contribution in [-0.4, -0.2) is 17.2 Å². The molecule has 0 bridgehead atoms. The number of benzene rings is 1. The zero-order valence-electron chi connectivity index (χ0n) is 11.5. The van der Waals surface area contributed by atoms with E-state index in [-0.39, 0.29) is 11.7 Å². The van der Waals surface area contributed by atoms with E-state index in [2.05, 4.69) is 6.92 Å². The summed E-state index contributed by atoms with van der Waals surface area (Å²) in [4.78, 5) is 11.1. The molecule has 2 unspecified atom stereocenters. The molecule has 1 aliphatic rings. The highest BCUT2D eigenvalue weighted by Gasteiger charge is 2.23. The van der Waals surface area contributed by atoms with Gasteiger partial charge in [-0.1, -0.05) is 13.3 Å². The Bertz CT molecular complexity index is 485. The molecule has 2 rings (SSSR count). The predicted octanol–water partition coefficient (Wildman–Crippen LogP) is 3.23. The monoisotopic (exact) mass is 263 g/mol. The van der Waals surface area contributed by atoms with Gasteiger partial charge in [0.1, 0.15) is 11.9 Å². The van der Waals surface area contributed by atoms with Gasteiger partial charge >= 0.3 is 5.97 Å². The number of hydrogen-bond acceptors (Lipinski definition) is 3. The van der Waals surface area contributed by atoms with Crippen LogP contribution in [-0.2, 0) is 0 Å². The third-order valence-corrected chi connectivity index (χ3v) is 3.91. The van der Waals surface area contributed by atoms with Gasteiger partial charge in [-0.05, 0) is 49.8 Å². The highest BCUT2D eigenvalue weighted by atomic mass is 16.5. The van der Waals surface area contributed by atoms with Crippen LogP contribution in [0.4, 0.5) is 5.69 Å². The standard InChI is InChI=1S/C15H21NO3/c1-9-5-3-4-6-13(9)19-11-7-10(2)14(16)12(8-11)15(17)18/h7-9,13H,3-6,16H2,1-2H3,(H,17,18). The van der Waals surface area contributed by atoms with Crippen LogP contribution in [0.3, 0.4) is 0 Å². The lowest BCUT2D eigenvalue weighted by Crippen LogP contribution is -2.28. The fourth-order valence-corrected chi connectivity index (χ4v) is 2.64. The van der Waals surface area contributed by atoms with Crippen LogP contribution in [0.1, 0.15) is 48.5 Å². The van der Waals surface area contributed by atoms with E-state index in [4.69, 9.17) is 15.6 Å². The molecular formula is C15H21NO3. The highest BCUT2D eigenvalue weighted by Crippen LogP contribution is 2.30. The van der Waals surface area contributed by atoms with Gasteiger partial charge in [0.25, 0.3) is 0 Å². The van der Waals surface area contributed by atoms with E-state index >= 15 is 0 Å². The van der Waals surface area contributed by atoms with Crippen molar-refractivity contribution in [3.05, 3.63) is 23.3 Å². The largest absolute Gasteiger partial charge is 0.490 e. The van der Waals surface area contributed by atoms with Gasteiger partial charge in [0.2, 0.25) is 0 Å². The zero-order chi connectivity index (χ0) is 14.0. The molecule has 0 spiro atoms. The lowest BCUT2D eigenvalue weighted by molar-refractivity contribution is 0.0695. The maximum absolute atomic E-state index is 11.1. The number of hydrogen-bond donors (Lipinski definition) is 2. The third-order valence-electron chi connectivity index (χ3n) is 3.91. The van der Waals surface area contributed by atoms with Crippen LogP contribution in [0, 0.1) is 12.8 Å². The summed E-state index contributed by atoms with van der Waals surface area (Å²) in [7, 11) is 0. The van der Waals surface area contributed by atoms with E-state index in [1.807, 2.05) is 6.07 Å². The van der Waals surface area contributed by atoms with Gasteiger partial charge in [0.05, 0.1) is 5.56 Å². The second-order valence-corrected chi connectivity index (χ2v) is 5.42. The summed E-state index contributed by atoms with van der Waals surface area (Å²) in [5.74, 6) is 0.116. The van der Waals surface area contributed by atoms with Crippen LogP contribution in [0.15, 0.2) is 12.1 Å². The van der Waals surface area contributed by atoms with Gasteiger partial charge in [0.15, 0.2) is 0 Å². The Morgan fingerprint density at radius 1 is 1.37 bits per heavy atom. The molecule has 1 fully saturated rings. The number of nitrogen functional groups attached to an aromatic ring is 1. The first-order chi connectivity index (χ1) is 8.99. The number of nitrogens with two attached hydrogens (primary N) is 1. The van der Waals surface area contributed by atoms with Gasteiger partial charge in [-0.25, -0.2) is 4.79 Å². The number of carboxylic acids is 1. The first-order valence-electron chi connectivity index (χ1n) is 6.79. The van der Waals surface area contributed by atoms with Crippen molar-refractivity contribution in [3.63, 3.8) is 0 Å². The summed E-state index contributed by atoms with van der Waals surface area (Å²) >= 11 is 0. The second-order valence-electron chi connectivity index (χ2n) is 5.42. The Hall–Kier alpha value is -1.71. The van der Waals surface area contributed by atoms with Gasteiger partial charge < -0.3 is 15.6 Å². The minimum Gasteiger partial charge on any atom is -0.490 e. The number of rotatable bonds is 3. The lowest BCUT2D eigenvalue weighted by Gasteiger charge is -2.29. The van der Waals surface area contributed by atoms with Gasteiger partial charge in [-0.15, -0.1) is 0 Å². The van der Waals surface area contributed by atoms with Gasteiger partial charge in [-0.2, -0.15) is 0 Å². The van der Waals surface area contributed by atoms with Crippen molar-refractivity contribution >= 4 is 11.7 Å². The molecule has 3 N–H and O–H groups in total. The van der Waals surface area contributed by atoms with Crippen LogP contribution in [0.25, 0.3) is 0 Å². The normalized spacial score (nSPS) is 23.1. The summed E-state index contributed by atoms with van der Waals surface area (Å²) in [5, 5.41) is 9.14. The molecule has 0 amide bonds. The quantitative estimate of drug-likeness (QED) is 0.821.